The first-order valence-electron chi connectivity index (χ1n) is 7.05. The number of rotatable bonds is 4. The van der Waals surface area contributed by atoms with Gasteiger partial charge in [0.05, 0.1) is 4.88 Å². The number of hydrogen-bond acceptors (Lipinski definition) is 6. The minimum atomic E-state index is -4.53. The lowest BCUT2D eigenvalue weighted by Crippen LogP contribution is -2.12. The first kappa shape index (κ1) is 18.7. The number of hydrogen-bond donors (Lipinski definition) is 0. The van der Waals surface area contributed by atoms with Gasteiger partial charge in [0.1, 0.15) is 11.6 Å². The van der Waals surface area contributed by atoms with E-state index < -0.39 is 12.0 Å². The van der Waals surface area contributed by atoms with Crippen LogP contribution in [0, 0.1) is 11.3 Å². The Morgan fingerprint density at radius 2 is 1.96 bits per heavy atom. The highest BCUT2D eigenvalue weighted by atomic mass is 35.5. The van der Waals surface area contributed by atoms with Crippen molar-refractivity contribution in [3.63, 3.8) is 0 Å². The topological polar surface area (TPSA) is 67.4 Å². The Labute approximate surface area is 159 Å². The van der Waals surface area contributed by atoms with Gasteiger partial charge in [-0.2, -0.15) is 22.8 Å². The average molecular weight is 416 g/mol. The molecule has 0 aliphatic rings. The molecule has 26 heavy (non-hydrogen) atoms. The molecule has 11 heteroatoms. The van der Waals surface area contributed by atoms with E-state index in [-0.39, 0.29) is 10.3 Å². The molecule has 0 fully saturated rings. The Morgan fingerprint density at radius 3 is 2.54 bits per heavy atom. The number of nitrogens with zero attached hydrogens (tertiary/aromatic N) is 5. The Hall–Kier alpha value is -2.09. The second kappa shape index (κ2) is 7.26. The predicted molar refractivity (Wildman–Crippen MR) is 92.8 cm³/mol. The molecule has 0 spiro atoms. The summed E-state index contributed by atoms with van der Waals surface area (Å²) in [5.41, 5.74) is 2.03. The molecule has 0 bridgehead atoms. The monoisotopic (exact) mass is 415 g/mol. The van der Waals surface area contributed by atoms with Gasteiger partial charge in [-0.15, -0.1) is 10.2 Å². The molecule has 5 nitrogen and oxygen atoms in total. The molecule has 0 aliphatic carbocycles. The van der Waals surface area contributed by atoms with Crippen molar-refractivity contribution < 1.29 is 13.2 Å². The maximum Gasteiger partial charge on any atom is 0.451 e. The van der Waals surface area contributed by atoms with Crippen LogP contribution < -0.4 is 0 Å². The minimum Gasteiger partial charge on any atom is -0.302 e. The van der Waals surface area contributed by atoms with E-state index in [9.17, 15) is 13.2 Å². The summed E-state index contributed by atoms with van der Waals surface area (Å²) in [6.07, 6.45) is -4.53. The zero-order chi connectivity index (χ0) is 18.9. The maximum atomic E-state index is 12.7. The van der Waals surface area contributed by atoms with Crippen LogP contribution in [0.3, 0.4) is 0 Å². The highest BCUT2D eigenvalue weighted by molar-refractivity contribution is 7.98. The van der Waals surface area contributed by atoms with Gasteiger partial charge in [0.25, 0.3) is 0 Å². The Bertz CT molecular complexity index is 973. The maximum absolute atomic E-state index is 12.7. The van der Waals surface area contributed by atoms with E-state index in [1.807, 2.05) is 30.3 Å². The van der Waals surface area contributed by atoms with Crippen molar-refractivity contribution in [1.82, 2.24) is 19.1 Å². The summed E-state index contributed by atoms with van der Waals surface area (Å²) < 4.78 is 43.1. The number of alkyl halides is 3. The van der Waals surface area contributed by atoms with Crippen molar-refractivity contribution in [2.24, 2.45) is 7.05 Å². The molecule has 2 aromatic heterocycles. The third-order valence-corrected chi connectivity index (χ3v) is 5.80. The first-order chi connectivity index (χ1) is 12.3. The van der Waals surface area contributed by atoms with Crippen LogP contribution in [0.2, 0.25) is 5.15 Å². The normalized spacial score (nSPS) is 11.5. The van der Waals surface area contributed by atoms with Crippen molar-refractivity contribution in [3.8, 4) is 16.5 Å². The van der Waals surface area contributed by atoms with Crippen LogP contribution in [0.4, 0.5) is 13.2 Å². The number of thioether (sulfide) groups is 1. The molecule has 0 radical (unpaired) electrons. The summed E-state index contributed by atoms with van der Waals surface area (Å²) in [6, 6.07) is 9.32. The Balaban J connectivity index is 1.73. The van der Waals surface area contributed by atoms with E-state index in [1.54, 1.807) is 0 Å². The van der Waals surface area contributed by atoms with Crippen molar-refractivity contribution in [3.05, 3.63) is 46.4 Å². The van der Waals surface area contributed by atoms with E-state index in [2.05, 4.69) is 14.6 Å². The van der Waals surface area contributed by atoms with Crippen LogP contribution in [0.15, 0.2) is 29.4 Å². The second-order valence-electron chi connectivity index (χ2n) is 5.14. The van der Waals surface area contributed by atoms with Crippen LogP contribution >= 0.6 is 34.9 Å². The predicted octanol–water partition coefficient (Wildman–Crippen LogP) is 4.77. The van der Waals surface area contributed by atoms with E-state index >= 15 is 0 Å². The lowest BCUT2D eigenvalue weighted by atomic mass is 10.1. The highest BCUT2D eigenvalue weighted by Crippen LogP contribution is 2.33. The van der Waals surface area contributed by atoms with Gasteiger partial charge in [-0.25, -0.2) is 0 Å². The van der Waals surface area contributed by atoms with Crippen LogP contribution in [-0.4, -0.2) is 19.1 Å². The summed E-state index contributed by atoms with van der Waals surface area (Å²) in [7, 11) is 1.28. The van der Waals surface area contributed by atoms with Gasteiger partial charge < -0.3 is 4.57 Å². The van der Waals surface area contributed by atoms with Crippen LogP contribution in [-0.2, 0) is 19.0 Å². The largest absolute Gasteiger partial charge is 0.451 e. The first-order valence-corrected chi connectivity index (χ1v) is 9.19. The standard InChI is InChI=1S/C15H9ClF3N5S2/c1-24-13(15(17,18)19)21-22-14(24)25-7-8-2-4-9(5-3-8)11-10(6-20)12(16)23-26-11/h2-5H,7H2,1H3. The molecule has 0 N–H and O–H groups in total. The summed E-state index contributed by atoms with van der Waals surface area (Å²) >= 11 is 8.17. The molecule has 0 saturated carbocycles. The highest BCUT2D eigenvalue weighted by Gasteiger charge is 2.37. The van der Waals surface area contributed by atoms with Gasteiger partial charge in [0.15, 0.2) is 10.3 Å². The van der Waals surface area contributed by atoms with Gasteiger partial charge >= 0.3 is 6.18 Å². The Kier molecular flexibility index (Phi) is 5.22. The van der Waals surface area contributed by atoms with Crippen molar-refractivity contribution in [1.29, 1.82) is 5.26 Å². The van der Waals surface area contributed by atoms with E-state index in [4.69, 9.17) is 16.9 Å². The molecule has 0 aliphatic heterocycles. The number of aromatic nitrogens is 4. The molecule has 0 amide bonds. The second-order valence-corrected chi connectivity index (χ2v) is 7.21. The van der Waals surface area contributed by atoms with E-state index in [1.165, 1.54) is 7.05 Å². The molecule has 0 unspecified atom stereocenters. The number of halogens is 4. The molecule has 3 rings (SSSR count). The zero-order valence-corrected chi connectivity index (χ0v) is 15.5. The molecule has 3 aromatic rings. The zero-order valence-electron chi connectivity index (χ0n) is 13.1. The molecule has 0 atom stereocenters. The fraction of sp³-hybridized carbons (Fsp3) is 0.200. The van der Waals surface area contributed by atoms with Crippen LogP contribution in [0.25, 0.3) is 10.4 Å². The lowest BCUT2D eigenvalue weighted by Gasteiger charge is -2.06. The van der Waals surface area contributed by atoms with Gasteiger partial charge in [-0.05, 0) is 22.7 Å². The quantitative estimate of drug-likeness (QED) is 0.574. The molecule has 1 aromatic carbocycles. The van der Waals surface area contributed by atoms with Gasteiger partial charge in [0, 0.05) is 12.8 Å². The van der Waals surface area contributed by atoms with Gasteiger partial charge in [0.2, 0.25) is 5.82 Å². The van der Waals surface area contributed by atoms with E-state index in [0.29, 0.717) is 16.2 Å². The SMILES string of the molecule is Cn1c(SCc2ccc(-c3snc(Cl)c3C#N)cc2)nnc1C(F)(F)F. The fourth-order valence-electron chi connectivity index (χ4n) is 2.15. The van der Waals surface area contributed by atoms with E-state index in [0.717, 1.165) is 39.0 Å². The third kappa shape index (κ3) is 3.70. The molecule has 2 heterocycles. The van der Waals surface area contributed by atoms with Crippen molar-refractivity contribution in [2.75, 3.05) is 0 Å². The molecular formula is C15H9ClF3N5S2. The number of nitriles is 1. The smallest absolute Gasteiger partial charge is 0.302 e. The van der Waals surface area contributed by atoms with Crippen LogP contribution in [0.1, 0.15) is 17.0 Å². The summed E-state index contributed by atoms with van der Waals surface area (Å²) in [5.74, 6) is -0.597. The third-order valence-electron chi connectivity index (χ3n) is 3.43. The van der Waals surface area contributed by atoms with Gasteiger partial charge in [-0.3, -0.25) is 0 Å². The Morgan fingerprint density at radius 1 is 1.27 bits per heavy atom. The lowest BCUT2D eigenvalue weighted by molar-refractivity contribution is -0.147. The minimum absolute atomic E-state index is 0.176. The summed E-state index contributed by atoms with van der Waals surface area (Å²) in [6.45, 7) is 0. The number of benzene rings is 1. The van der Waals surface area contributed by atoms with Crippen molar-refractivity contribution in [2.45, 2.75) is 17.1 Å². The fourth-order valence-corrected chi connectivity index (χ4v) is 4.05. The van der Waals surface area contributed by atoms with Gasteiger partial charge in [-0.1, -0.05) is 47.6 Å². The summed E-state index contributed by atoms with van der Waals surface area (Å²) in [4.78, 5) is 0.680. The summed E-state index contributed by atoms with van der Waals surface area (Å²) in [5, 5.41) is 16.3. The molecule has 134 valence electrons. The van der Waals surface area contributed by atoms with Crippen molar-refractivity contribution >= 4 is 34.9 Å². The van der Waals surface area contributed by atoms with Crippen LogP contribution in [0.5, 0.6) is 0 Å². The average Bonchev–Trinajstić information content (AvgIpc) is 3.15. The molecule has 0 saturated heterocycles. The molecular weight excluding hydrogens is 407 g/mol.